The van der Waals surface area contributed by atoms with Crippen LogP contribution in [0.5, 0.6) is 0 Å². The average Bonchev–Trinajstić information content (AvgIpc) is 2.95. The van der Waals surface area contributed by atoms with Gasteiger partial charge in [0.25, 0.3) is 0 Å². The van der Waals surface area contributed by atoms with Crippen molar-refractivity contribution in [2.45, 2.75) is 18.5 Å². The van der Waals surface area contributed by atoms with E-state index in [1.54, 1.807) is 0 Å². The summed E-state index contributed by atoms with van der Waals surface area (Å²) < 4.78 is 50.8. The topological polar surface area (TPSA) is 26.0 Å². The lowest BCUT2D eigenvalue weighted by atomic mass is 10.0. The van der Waals surface area contributed by atoms with Crippen LogP contribution < -0.4 is 5.73 Å². The van der Waals surface area contributed by atoms with Crippen LogP contribution in [0.25, 0.3) is 0 Å². The van der Waals surface area contributed by atoms with Gasteiger partial charge in [-0.05, 0) is 42.5 Å². The van der Waals surface area contributed by atoms with Crippen LogP contribution in [0.1, 0.15) is 23.5 Å². The number of halogens is 4. The van der Waals surface area contributed by atoms with Gasteiger partial charge < -0.3 is 5.73 Å². The maximum atomic E-state index is 12.8. The van der Waals surface area contributed by atoms with Crippen LogP contribution in [0.2, 0.25) is 0 Å². The fourth-order valence-corrected chi connectivity index (χ4v) is 1.99. The third-order valence-corrected chi connectivity index (χ3v) is 2.95. The van der Waals surface area contributed by atoms with E-state index in [2.05, 4.69) is 0 Å². The number of hydrogen-bond acceptors (Lipinski definition) is 1. The van der Waals surface area contributed by atoms with Crippen LogP contribution in [0, 0.1) is 11.7 Å². The fourth-order valence-electron chi connectivity index (χ4n) is 1.99. The lowest BCUT2D eigenvalue weighted by Crippen LogP contribution is -2.10. The lowest BCUT2D eigenvalue weighted by Gasteiger charge is -2.12. The first-order valence-corrected chi connectivity index (χ1v) is 5.00. The predicted molar refractivity (Wildman–Crippen MR) is 51.3 cm³/mol. The van der Waals surface area contributed by atoms with Crippen molar-refractivity contribution in [1.82, 2.24) is 0 Å². The predicted octanol–water partition coefficient (Wildman–Crippen LogP) is 2.91. The van der Waals surface area contributed by atoms with E-state index in [4.69, 9.17) is 5.73 Å². The van der Waals surface area contributed by atoms with Gasteiger partial charge in [0.05, 0.1) is 5.56 Å². The Morgan fingerprint density at radius 3 is 2.50 bits per heavy atom. The molecule has 0 bridgehead atoms. The van der Waals surface area contributed by atoms with E-state index >= 15 is 0 Å². The van der Waals surface area contributed by atoms with Gasteiger partial charge in [0.2, 0.25) is 0 Å². The first-order chi connectivity index (χ1) is 7.43. The molecule has 0 heterocycles. The third-order valence-electron chi connectivity index (χ3n) is 2.95. The molecule has 2 atom stereocenters. The Morgan fingerprint density at radius 2 is 2.00 bits per heavy atom. The molecule has 2 rings (SSSR count). The Bertz CT molecular complexity index is 399. The molecule has 0 saturated heterocycles. The van der Waals surface area contributed by atoms with Crippen molar-refractivity contribution in [1.29, 1.82) is 0 Å². The van der Waals surface area contributed by atoms with E-state index in [0.717, 1.165) is 6.07 Å². The number of alkyl halides is 3. The summed E-state index contributed by atoms with van der Waals surface area (Å²) >= 11 is 0. The molecule has 1 fully saturated rings. The summed E-state index contributed by atoms with van der Waals surface area (Å²) in [6.07, 6.45) is -3.84. The molecule has 0 unspecified atom stereocenters. The summed E-state index contributed by atoms with van der Waals surface area (Å²) in [7, 11) is 0. The third kappa shape index (κ3) is 2.04. The van der Waals surface area contributed by atoms with Gasteiger partial charge in [-0.25, -0.2) is 4.39 Å². The van der Waals surface area contributed by atoms with E-state index in [1.807, 2.05) is 0 Å². The van der Waals surface area contributed by atoms with Gasteiger partial charge in [-0.1, -0.05) is 6.07 Å². The van der Waals surface area contributed by atoms with Gasteiger partial charge in [-0.2, -0.15) is 13.2 Å². The summed E-state index contributed by atoms with van der Waals surface area (Å²) in [6, 6.07) is 2.84. The molecule has 0 spiro atoms. The largest absolute Gasteiger partial charge is 0.416 e. The summed E-state index contributed by atoms with van der Waals surface area (Å²) in [6.45, 7) is 0.374. The van der Waals surface area contributed by atoms with Crippen molar-refractivity contribution in [3.05, 3.63) is 35.1 Å². The van der Waals surface area contributed by atoms with E-state index in [9.17, 15) is 17.6 Å². The Hall–Kier alpha value is -1.10. The highest BCUT2D eigenvalue weighted by Gasteiger charge is 2.43. The molecule has 1 nitrogen and oxygen atoms in total. The fraction of sp³-hybridized carbons (Fsp3) is 0.455. The maximum Gasteiger partial charge on any atom is 0.416 e. The average molecular weight is 233 g/mol. The molecule has 1 aliphatic rings. The molecule has 1 aliphatic carbocycles. The van der Waals surface area contributed by atoms with Gasteiger partial charge in [0.1, 0.15) is 5.82 Å². The minimum Gasteiger partial charge on any atom is -0.330 e. The summed E-state index contributed by atoms with van der Waals surface area (Å²) in [5.41, 5.74) is 4.70. The monoisotopic (exact) mass is 233 g/mol. The Balaban J connectivity index is 2.38. The van der Waals surface area contributed by atoms with Crippen molar-refractivity contribution in [3.63, 3.8) is 0 Å². The SMILES string of the molecule is NC[C@@H]1C[C@H]1c1ccc(F)cc1C(F)(F)F. The van der Waals surface area contributed by atoms with Crippen LogP contribution in [0.4, 0.5) is 17.6 Å². The Labute approximate surface area is 90.3 Å². The molecule has 1 aromatic carbocycles. The van der Waals surface area contributed by atoms with Crippen molar-refractivity contribution >= 4 is 0 Å². The summed E-state index contributed by atoms with van der Waals surface area (Å²) in [5.74, 6) is -0.921. The Kier molecular flexibility index (Phi) is 2.66. The van der Waals surface area contributed by atoms with Crippen LogP contribution in [0.15, 0.2) is 18.2 Å². The van der Waals surface area contributed by atoms with Crippen molar-refractivity contribution in [3.8, 4) is 0 Å². The molecule has 0 aromatic heterocycles. The summed E-state index contributed by atoms with van der Waals surface area (Å²) in [4.78, 5) is 0. The highest BCUT2D eigenvalue weighted by Crippen LogP contribution is 2.50. The molecule has 1 aromatic rings. The van der Waals surface area contributed by atoms with E-state index in [0.29, 0.717) is 19.0 Å². The van der Waals surface area contributed by atoms with Gasteiger partial charge in [-0.15, -0.1) is 0 Å². The molecular weight excluding hydrogens is 222 g/mol. The molecule has 5 heteroatoms. The van der Waals surface area contributed by atoms with Gasteiger partial charge in [-0.3, -0.25) is 0 Å². The lowest BCUT2D eigenvalue weighted by molar-refractivity contribution is -0.138. The first-order valence-electron chi connectivity index (χ1n) is 5.00. The minimum absolute atomic E-state index is 0.103. The maximum absolute atomic E-state index is 12.8. The second-order valence-corrected chi connectivity index (χ2v) is 4.07. The highest BCUT2D eigenvalue weighted by molar-refractivity contribution is 5.37. The van der Waals surface area contributed by atoms with E-state index < -0.39 is 17.6 Å². The first kappa shape index (κ1) is 11.4. The zero-order chi connectivity index (χ0) is 11.9. The molecule has 0 aliphatic heterocycles. The van der Waals surface area contributed by atoms with Gasteiger partial charge in [0, 0.05) is 0 Å². The normalized spacial score (nSPS) is 24.6. The molecule has 16 heavy (non-hydrogen) atoms. The van der Waals surface area contributed by atoms with Crippen LogP contribution in [0.3, 0.4) is 0 Å². The second-order valence-electron chi connectivity index (χ2n) is 4.07. The van der Waals surface area contributed by atoms with Crippen LogP contribution >= 0.6 is 0 Å². The van der Waals surface area contributed by atoms with Crippen LogP contribution in [-0.4, -0.2) is 6.54 Å². The molecule has 88 valence electrons. The number of benzene rings is 1. The second kappa shape index (κ2) is 3.73. The standard InChI is InChI=1S/C11H11F4N/c12-7-1-2-8(9-3-6(9)5-16)10(4-7)11(13,14)15/h1-2,4,6,9H,3,5,16H2/t6-,9+/m0/s1. The van der Waals surface area contributed by atoms with Crippen molar-refractivity contribution < 1.29 is 17.6 Å². The quantitative estimate of drug-likeness (QED) is 0.781. The van der Waals surface area contributed by atoms with Gasteiger partial charge in [0.15, 0.2) is 0 Å². The molecule has 1 saturated carbocycles. The van der Waals surface area contributed by atoms with Crippen molar-refractivity contribution in [2.24, 2.45) is 11.7 Å². The number of nitrogens with two attached hydrogens (primary N) is 1. The minimum atomic E-state index is -4.50. The zero-order valence-corrected chi connectivity index (χ0v) is 8.39. The van der Waals surface area contributed by atoms with Crippen molar-refractivity contribution in [2.75, 3.05) is 6.54 Å². The number of rotatable bonds is 2. The Morgan fingerprint density at radius 1 is 1.31 bits per heavy atom. The van der Waals surface area contributed by atoms with Crippen LogP contribution in [-0.2, 0) is 6.18 Å². The molecule has 0 radical (unpaired) electrons. The zero-order valence-electron chi connectivity index (χ0n) is 8.39. The summed E-state index contributed by atoms with van der Waals surface area (Å²) in [5, 5.41) is 0. The number of hydrogen-bond donors (Lipinski definition) is 1. The molecule has 2 N–H and O–H groups in total. The van der Waals surface area contributed by atoms with E-state index in [1.165, 1.54) is 6.07 Å². The smallest absolute Gasteiger partial charge is 0.330 e. The molecular formula is C11H11F4N. The molecule has 0 amide bonds. The van der Waals surface area contributed by atoms with Gasteiger partial charge >= 0.3 is 6.18 Å². The van der Waals surface area contributed by atoms with E-state index in [-0.39, 0.29) is 17.4 Å². The highest BCUT2D eigenvalue weighted by atomic mass is 19.4.